The summed E-state index contributed by atoms with van der Waals surface area (Å²) in [6.45, 7) is 13.4. The summed E-state index contributed by atoms with van der Waals surface area (Å²) in [6, 6.07) is 0. The molecule has 3 nitrogen and oxygen atoms in total. The quantitative estimate of drug-likeness (QED) is 0.406. The molecule has 0 saturated heterocycles. The molecule has 0 rings (SSSR count). The number of rotatable bonds is 7. The van der Waals surface area contributed by atoms with Crippen LogP contribution in [0.15, 0.2) is 12.8 Å². The number of hydrogen-bond acceptors (Lipinski definition) is 3. The summed E-state index contributed by atoms with van der Waals surface area (Å²) >= 11 is 3.41. The van der Waals surface area contributed by atoms with Gasteiger partial charge in [0.25, 0.3) is 0 Å². The molecule has 0 amide bonds. The van der Waals surface area contributed by atoms with Crippen molar-refractivity contribution in [1.29, 1.82) is 0 Å². The topological polar surface area (TPSA) is 27.7 Å². The van der Waals surface area contributed by atoms with E-state index in [4.69, 9.17) is 14.2 Å². The SMILES string of the molecule is C=COC(C)(C)OC(C)(C)OCC(C)Br. The normalized spacial score (nSPS) is 14.8. The first-order valence-corrected chi connectivity index (χ1v) is 5.87. The van der Waals surface area contributed by atoms with Crippen LogP contribution in [0.4, 0.5) is 0 Å². The molecule has 0 fully saturated rings. The van der Waals surface area contributed by atoms with Crippen molar-refractivity contribution in [3.05, 3.63) is 12.8 Å². The van der Waals surface area contributed by atoms with E-state index in [1.165, 1.54) is 6.26 Å². The fraction of sp³-hybridized carbons (Fsp3) is 0.818. The summed E-state index contributed by atoms with van der Waals surface area (Å²) in [7, 11) is 0. The number of alkyl halides is 1. The number of ether oxygens (including phenoxy) is 3. The summed E-state index contributed by atoms with van der Waals surface area (Å²) < 4.78 is 16.5. The van der Waals surface area contributed by atoms with Gasteiger partial charge in [-0.25, -0.2) is 0 Å². The zero-order chi connectivity index (χ0) is 12.1. The van der Waals surface area contributed by atoms with Gasteiger partial charge in [0, 0.05) is 18.7 Å². The minimum absolute atomic E-state index is 0.295. The van der Waals surface area contributed by atoms with Crippen LogP contribution in [0, 0.1) is 0 Å². The third-order valence-electron chi connectivity index (χ3n) is 1.52. The Morgan fingerprint density at radius 3 is 2.20 bits per heavy atom. The zero-order valence-electron chi connectivity index (χ0n) is 10.2. The highest BCUT2D eigenvalue weighted by Gasteiger charge is 2.30. The molecule has 0 spiro atoms. The lowest BCUT2D eigenvalue weighted by atomic mass is 10.3. The highest BCUT2D eigenvalue weighted by Crippen LogP contribution is 2.23. The minimum atomic E-state index is -0.735. The molecule has 0 aromatic carbocycles. The zero-order valence-corrected chi connectivity index (χ0v) is 11.8. The molecule has 0 aromatic rings. The van der Waals surface area contributed by atoms with Crippen molar-refractivity contribution < 1.29 is 14.2 Å². The molecule has 4 heteroatoms. The smallest absolute Gasteiger partial charge is 0.206 e. The highest BCUT2D eigenvalue weighted by molar-refractivity contribution is 9.09. The van der Waals surface area contributed by atoms with E-state index in [0.717, 1.165) is 0 Å². The molecule has 0 bridgehead atoms. The molecule has 1 atom stereocenters. The van der Waals surface area contributed by atoms with E-state index in [9.17, 15) is 0 Å². The second-order valence-electron chi connectivity index (χ2n) is 4.28. The van der Waals surface area contributed by atoms with Gasteiger partial charge >= 0.3 is 0 Å². The van der Waals surface area contributed by atoms with Crippen molar-refractivity contribution in [3.8, 4) is 0 Å². The van der Waals surface area contributed by atoms with Crippen LogP contribution in [0.1, 0.15) is 34.6 Å². The van der Waals surface area contributed by atoms with E-state index in [2.05, 4.69) is 22.5 Å². The van der Waals surface area contributed by atoms with Crippen molar-refractivity contribution in [3.63, 3.8) is 0 Å². The van der Waals surface area contributed by atoms with Gasteiger partial charge in [0.2, 0.25) is 5.79 Å². The largest absolute Gasteiger partial charge is 0.471 e. The Balaban J connectivity index is 4.16. The molecule has 1 unspecified atom stereocenters. The predicted molar refractivity (Wildman–Crippen MR) is 64.9 cm³/mol. The third kappa shape index (κ3) is 7.82. The lowest BCUT2D eigenvalue weighted by Gasteiger charge is -2.35. The first kappa shape index (κ1) is 14.9. The van der Waals surface area contributed by atoms with Crippen LogP contribution < -0.4 is 0 Å². The summed E-state index contributed by atoms with van der Waals surface area (Å²) in [5.41, 5.74) is 0. The fourth-order valence-corrected chi connectivity index (χ4v) is 1.29. The first-order valence-electron chi connectivity index (χ1n) is 4.95. The maximum absolute atomic E-state index is 5.68. The standard InChI is InChI=1S/C11H21BrO3/c1-7-13-10(3,4)15-11(5,6)14-8-9(2)12/h7,9H,1,8H2,2-6H3. The van der Waals surface area contributed by atoms with E-state index in [0.29, 0.717) is 11.4 Å². The van der Waals surface area contributed by atoms with E-state index < -0.39 is 11.6 Å². The van der Waals surface area contributed by atoms with Crippen LogP contribution in [0.2, 0.25) is 0 Å². The summed E-state index contributed by atoms with van der Waals surface area (Å²) in [5, 5.41) is 0. The van der Waals surface area contributed by atoms with Gasteiger partial charge in [-0.3, -0.25) is 0 Å². The van der Waals surface area contributed by atoms with Crippen LogP contribution in [0.5, 0.6) is 0 Å². The van der Waals surface area contributed by atoms with Gasteiger partial charge in [-0.15, -0.1) is 0 Å². The Hall–Kier alpha value is -0.0600. The van der Waals surface area contributed by atoms with Crippen molar-refractivity contribution in [2.75, 3.05) is 6.61 Å². The molecule has 0 aromatic heterocycles. The van der Waals surface area contributed by atoms with Gasteiger partial charge in [0.05, 0.1) is 12.9 Å². The van der Waals surface area contributed by atoms with Gasteiger partial charge in [0.1, 0.15) is 0 Å². The molecular weight excluding hydrogens is 260 g/mol. The average molecular weight is 281 g/mol. The van der Waals surface area contributed by atoms with E-state index in [1.807, 2.05) is 34.6 Å². The molecule has 0 saturated carbocycles. The van der Waals surface area contributed by atoms with E-state index >= 15 is 0 Å². The van der Waals surface area contributed by atoms with Gasteiger partial charge in [-0.05, 0) is 13.8 Å². The maximum atomic E-state index is 5.68. The molecule has 0 aliphatic rings. The Morgan fingerprint density at radius 1 is 1.27 bits per heavy atom. The van der Waals surface area contributed by atoms with Crippen molar-refractivity contribution in [1.82, 2.24) is 0 Å². The Labute approximate surface area is 101 Å². The Morgan fingerprint density at radius 2 is 1.80 bits per heavy atom. The second-order valence-corrected chi connectivity index (χ2v) is 5.84. The third-order valence-corrected chi connectivity index (χ3v) is 1.78. The molecule has 0 aliphatic carbocycles. The average Bonchev–Trinajstić information content (AvgIpc) is 1.98. The van der Waals surface area contributed by atoms with Gasteiger partial charge < -0.3 is 14.2 Å². The lowest BCUT2D eigenvalue weighted by molar-refractivity contribution is -0.320. The van der Waals surface area contributed by atoms with Crippen LogP contribution in [0.3, 0.4) is 0 Å². The molecule has 0 N–H and O–H groups in total. The number of halogens is 1. The van der Waals surface area contributed by atoms with Gasteiger partial charge in [-0.1, -0.05) is 29.4 Å². The van der Waals surface area contributed by atoms with Crippen molar-refractivity contribution in [2.45, 2.75) is 51.0 Å². The van der Waals surface area contributed by atoms with Gasteiger partial charge in [0.15, 0.2) is 5.79 Å². The Bertz CT molecular complexity index is 200. The van der Waals surface area contributed by atoms with E-state index in [1.54, 1.807) is 0 Å². The monoisotopic (exact) mass is 280 g/mol. The van der Waals surface area contributed by atoms with Gasteiger partial charge in [-0.2, -0.15) is 0 Å². The van der Waals surface area contributed by atoms with Crippen LogP contribution in [-0.4, -0.2) is 23.0 Å². The van der Waals surface area contributed by atoms with Crippen LogP contribution >= 0.6 is 15.9 Å². The highest BCUT2D eigenvalue weighted by atomic mass is 79.9. The molecule has 0 heterocycles. The minimum Gasteiger partial charge on any atom is -0.471 e. The molecule has 15 heavy (non-hydrogen) atoms. The van der Waals surface area contributed by atoms with Crippen molar-refractivity contribution >= 4 is 15.9 Å². The summed E-state index contributed by atoms with van der Waals surface area (Å²) in [4.78, 5) is 0.295. The predicted octanol–water partition coefficient (Wildman–Crippen LogP) is 3.44. The van der Waals surface area contributed by atoms with Crippen molar-refractivity contribution in [2.24, 2.45) is 0 Å². The molecule has 90 valence electrons. The molecular formula is C11H21BrO3. The number of hydrogen-bond donors (Lipinski definition) is 0. The molecule has 0 aliphatic heterocycles. The second kappa shape index (κ2) is 5.87. The molecule has 0 radical (unpaired) electrons. The first-order chi connectivity index (χ1) is 6.68. The summed E-state index contributed by atoms with van der Waals surface area (Å²) in [6.07, 6.45) is 1.36. The van der Waals surface area contributed by atoms with Crippen LogP contribution in [0.25, 0.3) is 0 Å². The van der Waals surface area contributed by atoms with E-state index in [-0.39, 0.29) is 0 Å². The summed E-state index contributed by atoms with van der Waals surface area (Å²) in [5.74, 6) is -1.42. The Kier molecular flexibility index (Phi) is 5.85. The fourth-order valence-electron chi connectivity index (χ4n) is 1.16. The lowest BCUT2D eigenvalue weighted by Crippen LogP contribution is -2.40. The van der Waals surface area contributed by atoms with Crippen LogP contribution in [-0.2, 0) is 14.2 Å². The maximum Gasteiger partial charge on any atom is 0.206 e.